The summed E-state index contributed by atoms with van der Waals surface area (Å²) in [6.45, 7) is 2.43. The molecule has 1 saturated carbocycles. The number of fused-ring (bicyclic) bond motifs is 1. The van der Waals surface area contributed by atoms with E-state index in [1.807, 2.05) is 18.2 Å². The lowest BCUT2D eigenvalue weighted by atomic mass is 10.0. The Labute approximate surface area is 162 Å². The standard InChI is InChI=1S/C18H28N4O.HI/c1-22(14-6-2-3-7-14)12-11-20-18(19)21-16-10-13-23-17-9-5-4-8-15(16)17;/h4-5,8-9,14,16H,2-3,6-7,10-13H2,1H3,(H3,19,20,21);1H. The third-order valence-corrected chi connectivity index (χ3v) is 4.96. The van der Waals surface area contributed by atoms with Crippen LogP contribution in [0, 0.1) is 0 Å². The maximum Gasteiger partial charge on any atom is 0.189 e. The SMILES string of the molecule is CN(CCN=C(N)NC1CCOc2ccccc21)C1CCCC1.I. The summed E-state index contributed by atoms with van der Waals surface area (Å²) in [6.07, 6.45) is 6.30. The smallest absolute Gasteiger partial charge is 0.189 e. The molecule has 3 N–H and O–H groups in total. The quantitative estimate of drug-likeness (QED) is 0.417. The summed E-state index contributed by atoms with van der Waals surface area (Å²) in [7, 11) is 2.20. The minimum atomic E-state index is 0. The van der Waals surface area contributed by atoms with Gasteiger partial charge in [-0.05, 0) is 26.0 Å². The lowest BCUT2D eigenvalue weighted by Gasteiger charge is -2.27. The molecule has 1 aliphatic carbocycles. The minimum Gasteiger partial charge on any atom is -0.493 e. The van der Waals surface area contributed by atoms with Gasteiger partial charge in [-0.15, -0.1) is 24.0 Å². The molecule has 1 aromatic rings. The van der Waals surface area contributed by atoms with E-state index in [9.17, 15) is 0 Å². The van der Waals surface area contributed by atoms with Gasteiger partial charge in [0.15, 0.2) is 5.96 Å². The largest absolute Gasteiger partial charge is 0.493 e. The molecule has 0 amide bonds. The molecular formula is C18H29IN4O. The molecule has 0 aromatic heterocycles. The number of para-hydroxylation sites is 1. The Morgan fingerprint density at radius 2 is 2.04 bits per heavy atom. The number of hydrogen-bond acceptors (Lipinski definition) is 3. The second-order valence-corrected chi connectivity index (χ2v) is 6.56. The lowest BCUT2D eigenvalue weighted by Crippen LogP contribution is -2.38. The van der Waals surface area contributed by atoms with Gasteiger partial charge in [0.25, 0.3) is 0 Å². The second-order valence-electron chi connectivity index (χ2n) is 6.56. The molecule has 0 saturated heterocycles. The average Bonchev–Trinajstić information content (AvgIpc) is 3.10. The van der Waals surface area contributed by atoms with E-state index in [1.165, 1.54) is 31.2 Å². The molecule has 134 valence electrons. The summed E-state index contributed by atoms with van der Waals surface area (Å²) in [4.78, 5) is 6.93. The van der Waals surface area contributed by atoms with Gasteiger partial charge in [0, 0.05) is 24.6 Å². The van der Waals surface area contributed by atoms with Crippen LogP contribution in [0.15, 0.2) is 29.3 Å². The monoisotopic (exact) mass is 444 g/mol. The predicted molar refractivity (Wildman–Crippen MR) is 109 cm³/mol. The summed E-state index contributed by atoms with van der Waals surface area (Å²) in [5.41, 5.74) is 7.25. The zero-order valence-corrected chi connectivity index (χ0v) is 16.7. The summed E-state index contributed by atoms with van der Waals surface area (Å²) < 4.78 is 5.68. The van der Waals surface area contributed by atoms with Crippen molar-refractivity contribution in [3.63, 3.8) is 0 Å². The van der Waals surface area contributed by atoms with Crippen molar-refractivity contribution in [2.45, 2.75) is 44.2 Å². The first kappa shape index (κ1) is 19.3. The van der Waals surface area contributed by atoms with Crippen LogP contribution in [-0.2, 0) is 0 Å². The summed E-state index contributed by atoms with van der Waals surface area (Å²) in [6, 6.07) is 9.06. The average molecular weight is 444 g/mol. The molecule has 6 heteroatoms. The number of aliphatic imine (C=N–C) groups is 1. The topological polar surface area (TPSA) is 62.9 Å². The number of nitrogens with zero attached hydrogens (tertiary/aromatic N) is 2. The maximum absolute atomic E-state index is 6.08. The summed E-state index contributed by atoms with van der Waals surface area (Å²) in [5.74, 6) is 1.48. The third kappa shape index (κ3) is 4.99. The molecule has 3 rings (SSSR count). The highest BCUT2D eigenvalue weighted by atomic mass is 127. The van der Waals surface area contributed by atoms with Gasteiger partial charge in [0.05, 0.1) is 19.2 Å². The van der Waals surface area contributed by atoms with Crippen molar-refractivity contribution in [2.24, 2.45) is 10.7 Å². The Kier molecular flexibility index (Phi) is 7.61. The van der Waals surface area contributed by atoms with Crippen molar-refractivity contribution >= 4 is 29.9 Å². The number of nitrogens with one attached hydrogen (secondary N) is 1. The van der Waals surface area contributed by atoms with Crippen molar-refractivity contribution in [3.8, 4) is 5.75 Å². The molecular weight excluding hydrogens is 415 g/mol. The molecule has 24 heavy (non-hydrogen) atoms. The van der Waals surface area contributed by atoms with Gasteiger partial charge >= 0.3 is 0 Å². The Hall–Kier alpha value is -1.02. The number of rotatable bonds is 5. The van der Waals surface area contributed by atoms with Crippen molar-refractivity contribution in [1.82, 2.24) is 10.2 Å². The molecule has 0 radical (unpaired) electrons. The fraction of sp³-hybridized carbons (Fsp3) is 0.611. The summed E-state index contributed by atoms with van der Waals surface area (Å²) >= 11 is 0. The van der Waals surface area contributed by atoms with Gasteiger partial charge in [-0.25, -0.2) is 0 Å². The van der Waals surface area contributed by atoms with Crippen LogP contribution >= 0.6 is 24.0 Å². The molecule has 5 nitrogen and oxygen atoms in total. The van der Waals surface area contributed by atoms with Crippen molar-refractivity contribution in [2.75, 3.05) is 26.7 Å². The van der Waals surface area contributed by atoms with Crippen LogP contribution in [0.1, 0.15) is 43.7 Å². The van der Waals surface area contributed by atoms with Crippen LogP contribution in [0.4, 0.5) is 0 Å². The van der Waals surface area contributed by atoms with Gasteiger partial charge in [-0.1, -0.05) is 31.0 Å². The van der Waals surface area contributed by atoms with Crippen LogP contribution in [0.3, 0.4) is 0 Å². The minimum absolute atomic E-state index is 0. The Bertz CT molecular complexity index is 546. The highest BCUT2D eigenvalue weighted by Crippen LogP contribution is 2.31. The second kappa shape index (κ2) is 9.46. The number of guanidine groups is 1. The molecule has 1 heterocycles. The van der Waals surface area contributed by atoms with Gasteiger partial charge in [0.2, 0.25) is 0 Å². The van der Waals surface area contributed by atoms with E-state index in [0.717, 1.165) is 31.3 Å². The number of hydrogen-bond donors (Lipinski definition) is 2. The number of likely N-dealkylation sites (N-methyl/N-ethyl adjacent to an activating group) is 1. The number of benzene rings is 1. The highest BCUT2D eigenvalue weighted by Gasteiger charge is 2.21. The van der Waals surface area contributed by atoms with Gasteiger partial charge < -0.3 is 20.7 Å². The van der Waals surface area contributed by atoms with E-state index < -0.39 is 0 Å². The fourth-order valence-electron chi connectivity index (χ4n) is 3.57. The molecule has 0 bridgehead atoms. The van der Waals surface area contributed by atoms with E-state index in [-0.39, 0.29) is 30.0 Å². The molecule has 1 fully saturated rings. The molecule has 1 aromatic carbocycles. The van der Waals surface area contributed by atoms with Gasteiger partial charge in [0.1, 0.15) is 5.75 Å². The normalized spacial score (nSPS) is 21.1. The molecule has 0 spiro atoms. The Balaban J connectivity index is 0.00000208. The first-order valence-electron chi connectivity index (χ1n) is 8.72. The van der Waals surface area contributed by atoms with Crippen LogP contribution in [0.2, 0.25) is 0 Å². The van der Waals surface area contributed by atoms with Crippen molar-refractivity contribution < 1.29 is 4.74 Å². The van der Waals surface area contributed by atoms with E-state index >= 15 is 0 Å². The number of ether oxygens (including phenoxy) is 1. The number of nitrogens with two attached hydrogens (primary N) is 1. The van der Waals surface area contributed by atoms with Crippen LogP contribution < -0.4 is 15.8 Å². The third-order valence-electron chi connectivity index (χ3n) is 4.96. The van der Waals surface area contributed by atoms with Crippen LogP contribution in [0.25, 0.3) is 0 Å². The summed E-state index contributed by atoms with van der Waals surface area (Å²) in [5, 5.41) is 3.35. The van der Waals surface area contributed by atoms with Crippen molar-refractivity contribution in [3.05, 3.63) is 29.8 Å². The van der Waals surface area contributed by atoms with E-state index in [4.69, 9.17) is 10.5 Å². The first-order chi connectivity index (χ1) is 11.2. The van der Waals surface area contributed by atoms with Gasteiger partial charge in [-0.3, -0.25) is 4.99 Å². The number of halogens is 1. The zero-order valence-electron chi connectivity index (χ0n) is 14.4. The zero-order chi connectivity index (χ0) is 16.1. The molecule has 1 unspecified atom stereocenters. The van der Waals surface area contributed by atoms with E-state index in [0.29, 0.717) is 12.6 Å². The Morgan fingerprint density at radius 1 is 1.29 bits per heavy atom. The molecule has 1 atom stereocenters. The lowest BCUT2D eigenvalue weighted by molar-refractivity contribution is 0.252. The van der Waals surface area contributed by atoms with E-state index in [2.05, 4.69) is 28.3 Å². The van der Waals surface area contributed by atoms with Crippen molar-refractivity contribution in [1.29, 1.82) is 0 Å². The Morgan fingerprint density at radius 3 is 2.83 bits per heavy atom. The van der Waals surface area contributed by atoms with Crippen LogP contribution in [-0.4, -0.2) is 43.6 Å². The highest BCUT2D eigenvalue weighted by molar-refractivity contribution is 14.0. The van der Waals surface area contributed by atoms with Crippen LogP contribution in [0.5, 0.6) is 5.75 Å². The molecule has 1 aliphatic heterocycles. The maximum atomic E-state index is 6.08. The fourth-order valence-corrected chi connectivity index (χ4v) is 3.57. The van der Waals surface area contributed by atoms with Gasteiger partial charge in [-0.2, -0.15) is 0 Å². The van der Waals surface area contributed by atoms with E-state index in [1.54, 1.807) is 0 Å². The first-order valence-corrected chi connectivity index (χ1v) is 8.72. The predicted octanol–water partition coefficient (Wildman–Crippen LogP) is 2.91. The molecule has 2 aliphatic rings.